The highest BCUT2D eigenvalue weighted by atomic mass is 35.5. The van der Waals surface area contributed by atoms with Gasteiger partial charge in [-0.15, -0.1) is 11.6 Å². The van der Waals surface area contributed by atoms with Gasteiger partial charge in [-0.2, -0.15) is 0 Å². The highest BCUT2D eigenvalue weighted by Gasteiger charge is 2.14. The van der Waals surface area contributed by atoms with Gasteiger partial charge in [-0.3, -0.25) is 15.1 Å². The number of alkyl halides is 1. The minimum absolute atomic E-state index is 0.0461. The van der Waals surface area contributed by atoms with Gasteiger partial charge >= 0.3 is 0 Å². The van der Waals surface area contributed by atoms with Crippen LogP contribution in [-0.4, -0.2) is 30.2 Å². The average molecular weight is 526 g/mol. The van der Waals surface area contributed by atoms with Crippen molar-refractivity contribution in [3.63, 3.8) is 0 Å². The summed E-state index contributed by atoms with van der Waals surface area (Å²) in [5.74, 6) is 1.07. The Morgan fingerprint density at radius 2 is 1.72 bits per heavy atom. The van der Waals surface area contributed by atoms with Crippen LogP contribution in [0.3, 0.4) is 0 Å². The van der Waals surface area contributed by atoms with Crippen LogP contribution in [0.1, 0.15) is 15.9 Å². The monoisotopic (exact) mass is 525 g/mol. The molecule has 4 rings (SSSR count). The van der Waals surface area contributed by atoms with Crippen LogP contribution >= 0.6 is 23.8 Å². The number of hydrogen-bond acceptors (Lipinski definition) is 6. The third-order valence-corrected chi connectivity index (χ3v) is 5.73. The molecule has 36 heavy (non-hydrogen) atoms. The summed E-state index contributed by atoms with van der Waals surface area (Å²) >= 11 is 10.9. The molecule has 0 spiro atoms. The summed E-state index contributed by atoms with van der Waals surface area (Å²) in [6, 6.07) is 16.2. The Kier molecular flexibility index (Phi) is 7.82. The number of hydrogen-bond donors (Lipinski definition) is 2. The molecule has 184 valence electrons. The number of anilines is 1. The van der Waals surface area contributed by atoms with E-state index < -0.39 is 11.7 Å². The maximum Gasteiger partial charge on any atom is 0.257 e. The van der Waals surface area contributed by atoms with E-state index in [9.17, 15) is 9.18 Å². The normalized spacial score (nSPS) is 10.6. The van der Waals surface area contributed by atoms with Crippen molar-refractivity contribution < 1.29 is 23.4 Å². The number of aromatic nitrogens is 1. The number of fused-ring (bicyclic) bond motifs is 1. The second-order valence-corrected chi connectivity index (χ2v) is 8.19. The SMILES string of the molecule is COc1cc2nccc(Oc3ccc(NC(=S)NC(=O)c4ccc(CCl)cc4)c(F)c3)c2cc1OC. The van der Waals surface area contributed by atoms with Gasteiger partial charge in [-0.25, -0.2) is 4.39 Å². The first-order valence-corrected chi connectivity index (χ1v) is 11.6. The molecular formula is C26H21ClFN3O4S. The Bertz CT molecular complexity index is 1430. The van der Waals surface area contributed by atoms with Crippen LogP contribution in [0.4, 0.5) is 10.1 Å². The van der Waals surface area contributed by atoms with Crippen molar-refractivity contribution in [2.75, 3.05) is 19.5 Å². The molecule has 0 saturated heterocycles. The van der Waals surface area contributed by atoms with Crippen molar-refractivity contribution in [1.82, 2.24) is 10.3 Å². The third kappa shape index (κ3) is 5.64. The molecule has 3 aromatic carbocycles. The Hall–Kier alpha value is -3.95. The molecular weight excluding hydrogens is 505 g/mol. The molecule has 0 aliphatic heterocycles. The number of carbonyl (C=O) groups excluding carboxylic acids is 1. The van der Waals surface area contributed by atoms with Crippen LogP contribution in [0.2, 0.25) is 0 Å². The largest absolute Gasteiger partial charge is 0.493 e. The van der Waals surface area contributed by atoms with Gasteiger partial charge in [-0.1, -0.05) is 12.1 Å². The fraction of sp³-hybridized carbons (Fsp3) is 0.115. The number of nitrogens with zero attached hydrogens (tertiary/aromatic N) is 1. The van der Waals surface area contributed by atoms with E-state index in [0.717, 1.165) is 5.56 Å². The van der Waals surface area contributed by atoms with Crippen molar-refractivity contribution in [3.05, 3.63) is 83.8 Å². The number of benzene rings is 3. The maximum atomic E-state index is 14.8. The second-order valence-electron chi connectivity index (χ2n) is 7.52. The minimum atomic E-state index is -0.617. The van der Waals surface area contributed by atoms with Crippen LogP contribution in [0.5, 0.6) is 23.0 Å². The standard InChI is InChI=1S/C26H21ClFN3O4S/c1-33-23-12-18-21(13-24(23)34-2)29-10-9-22(18)35-17-7-8-20(19(28)11-17)30-26(36)31-25(32)16-5-3-15(14-27)4-6-16/h3-13H,14H2,1-2H3,(H2,30,31,32,36). The quantitative estimate of drug-likeness (QED) is 0.224. The van der Waals surface area contributed by atoms with Gasteiger partial charge in [0.15, 0.2) is 16.6 Å². The van der Waals surface area contributed by atoms with Crippen LogP contribution in [0, 0.1) is 5.82 Å². The van der Waals surface area contributed by atoms with E-state index in [1.807, 2.05) is 0 Å². The molecule has 0 aliphatic carbocycles. The van der Waals surface area contributed by atoms with Crippen molar-refractivity contribution in [2.45, 2.75) is 5.88 Å². The van der Waals surface area contributed by atoms with E-state index in [2.05, 4.69) is 15.6 Å². The van der Waals surface area contributed by atoms with E-state index in [1.54, 1.807) is 61.8 Å². The molecule has 2 N–H and O–H groups in total. The maximum absolute atomic E-state index is 14.8. The molecule has 0 radical (unpaired) electrons. The number of amides is 1. The number of carbonyl (C=O) groups is 1. The molecule has 0 saturated carbocycles. The Labute approximate surface area is 217 Å². The predicted molar refractivity (Wildman–Crippen MR) is 141 cm³/mol. The van der Waals surface area contributed by atoms with E-state index in [1.165, 1.54) is 19.2 Å². The number of rotatable bonds is 7. The fourth-order valence-corrected chi connectivity index (χ4v) is 3.78. The summed E-state index contributed by atoms with van der Waals surface area (Å²) in [4.78, 5) is 16.7. The third-order valence-electron chi connectivity index (χ3n) is 5.22. The lowest BCUT2D eigenvalue weighted by Gasteiger charge is -2.14. The van der Waals surface area contributed by atoms with E-state index >= 15 is 0 Å². The summed E-state index contributed by atoms with van der Waals surface area (Å²) < 4.78 is 31.4. The molecule has 0 atom stereocenters. The van der Waals surface area contributed by atoms with E-state index in [-0.39, 0.29) is 16.5 Å². The Balaban J connectivity index is 1.47. The number of methoxy groups -OCH3 is 2. The summed E-state index contributed by atoms with van der Waals surface area (Å²) in [7, 11) is 3.07. The molecule has 0 aliphatic rings. The van der Waals surface area contributed by atoms with Crippen molar-refractivity contribution in [2.24, 2.45) is 0 Å². The highest BCUT2D eigenvalue weighted by Crippen LogP contribution is 2.37. The molecule has 1 aromatic heterocycles. The van der Waals surface area contributed by atoms with Crippen molar-refractivity contribution in [3.8, 4) is 23.0 Å². The Morgan fingerprint density at radius 3 is 2.39 bits per heavy atom. The first-order chi connectivity index (χ1) is 17.4. The van der Waals surface area contributed by atoms with Gasteiger partial charge in [0.2, 0.25) is 0 Å². The van der Waals surface area contributed by atoms with Crippen molar-refractivity contribution >= 4 is 51.4 Å². The first-order valence-electron chi connectivity index (χ1n) is 10.7. The number of pyridine rings is 1. The molecule has 10 heteroatoms. The van der Waals surface area contributed by atoms with Crippen LogP contribution in [0.25, 0.3) is 10.9 Å². The van der Waals surface area contributed by atoms with E-state index in [4.69, 9.17) is 38.0 Å². The number of halogens is 2. The zero-order chi connectivity index (χ0) is 25.7. The molecule has 1 heterocycles. The van der Waals surface area contributed by atoms with Crippen LogP contribution in [0.15, 0.2) is 66.9 Å². The predicted octanol–water partition coefficient (Wildman–Crippen LogP) is 6.05. The number of thiocarbonyl (C=S) groups is 1. The van der Waals surface area contributed by atoms with E-state index in [0.29, 0.717) is 39.6 Å². The molecule has 1 amide bonds. The van der Waals surface area contributed by atoms with Crippen LogP contribution < -0.4 is 24.8 Å². The smallest absolute Gasteiger partial charge is 0.257 e. The summed E-state index contributed by atoms with van der Waals surface area (Å²) in [6.45, 7) is 0. The van der Waals surface area contributed by atoms with Gasteiger partial charge in [0.05, 0.1) is 25.4 Å². The fourth-order valence-electron chi connectivity index (χ4n) is 3.40. The zero-order valence-electron chi connectivity index (χ0n) is 19.3. The number of ether oxygens (including phenoxy) is 3. The topological polar surface area (TPSA) is 81.7 Å². The van der Waals surface area contributed by atoms with Gasteiger partial charge in [0.25, 0.3) is 5.91 Å². The number of nitrogens with one attached hydrogen (secondary N) is 2. The minimum Gasteiger partial charge on any atom is -0.493 e. The molecule has 7 nitrogen and oxygen atoms in total. The van der Waals surface area contributed by atoms with Crippen molar-refractivity contribution in [1.29, 1.82) is 0 Å². The molecule has 0 unspecified atom stereocenters. The summed E-state index contributed by atoms with van der Waals surface area (Å²) in [5, 5.41) is 5.84. The lowest BCUT2D eigenvalue weighted by Crippen LogP contribution is -2.34. The lowest BCUT2D eigenvalue weighted by molar-refractivity contribution is 0.0977. The van der Waals surface area contributed by atoms with Gasteiger partial charge in [0.1, 0.15) is 17.3 Å². The lowest BCUT2D eigenvalue weighted by atomic mass is 10.1. The summed E-state index contributed by atoms with van der Waals surface area (Å²) in [6.07, 6.45) is 1.58. The second kappa shape index (κ2) is 11.2. The highest BCUT2D eigenvalue weighted by molar-refractivity contribution is 7.80. The molecule has 0 bridgehead atoms. The zero-order valence-corrected chi connectivity index (χ0v) is 20.9. The first kappa shape index (κ1) is 25.2. The molecule has 0 fully saturated rings. The Morgan fingerprint density at radius 1 is 1.00 bits per heavy atom. The molecule has 4 aromatic rings. The van der Waals surface area contributed by atoms with Gasteiger partial charge in [-0.05, 0) is 54.2 Å². The summed E-state index contributed by atoms with van der Waals surface area (Å²) in [5.41, 5.74) is 1.99. The van der Waals surface area contributed by atoms with Gasteiger partial charge in [0, 0.05) is 35.2 Å². The average Bonchev–Trinajstić information content (AvgIpc) is 2.89. The van der Waals surface area contributed by atoms with Crippen LogP contribution in [-0.2, 0) is 5.88 Å². The van der Waals surface area contributed by atoms with Gasteiger partial charge < -0.3 is 19.5 Å².